The minimum atomic E-state index is 0.741. The summed E-state index contributed by atoms with van der Waals surface area (Å²) >= 11 is 0. The smallest absolute Gasteiger partial charge is 0.0858 e. The monoisotopic (exact) mass is 363 g/mol. The summed E-state index contributed by atoms with van der Waals surface area (Å²) in [6.45, 7) is 5.72. The fourth-order valence-electron chi connectivity index (χ4n) is 1.99. The van der Waals surface area contributed by atoms with Gasteiger partial charge in [0.1, 0.15) is 0 Å². The van der Waals surface area contributed by atoms with E-state index in [1.165, 1.54) is 0 Å². The molecule has 0 saturated carbocycles. The topological polar surface area (TPSA) is 66.0 Å². The highest BCUT2D eigenvalue weighted by atomic mass is 33.1. The maximum absolute atomic E-state index is 5.46. The summed E-state index contributed by atoms with van der Waals surface area (Å²) < 4.78 is 0. The second kappa shape index (κ2) is 11.2. The number of rotatable bonds is 10. The molecular weight excluding hydrogens is 338 g/mol. The zero-order valence-corrected chi connectivity index (χ0v) is 15.7. The largest absolute Gasteiger partial charge is 0.384 e. The molecule has 1 heterocycles. The first-order chi connectivity index (χ1) is 11.8. The van der Waals surface area contributed by atoms with Crippen LogP contribution in [0.25, 0.3) is 0 Å². The number of benzene rings is 1. The average Bonchev–Trinajstić information content (AvgIpc) is 2.64. The molecule has 0 amide bonds. The highest BCUT2D eigenvalue weighted by Crippen LogP contribution is 2.21. The molecule has 0 aliphatic carbocycles. The maximum Gasteiger partial charge on any atom is 0.0858 e. The molecule has 3 N–H and O–H groups in total. The van der Waals surface area contributed by atoms with Crippen molar-refractivity contribution in [2.24, 2.45) is 16.0 Å². The van der Waals surface area contributed by atoms with E-state index in [1.807, 2.05) is 51.9 Å². The van der Waals surface area contributed by atoms with Crippen LogP contribution in [0.4, 0.5) is 11.4 Å². The number of azo groups is 1. The summed E-state index contributed by atoms with van der Waals surface area (Å²) in [4.78, 5) is 2.21. The number of hydrogen-bond acceptors (Lipinski definition) is 7. The molecule has 5 nitrogen and oxygen atoms in total. The van der Waals surface area contributed by atoms with E-state index >= 15 is 0 Å². The van der Waals surface area contributed by atoms with Crippen molar-refractivity contribution in [1.82, 2.24) is 4.90 Å². The number of hydrogen-bond donors (Lipinski definition) is 2. The zero-order valence-electron chi connectivity index (χ0n) is 14.0. The molecule has 1 aliphatic heterocycles. The molecule has 2 rings (SSSR count). The Hall–Kier alpha value is -1.44. The van der Waals surface area contributed by atoms with E-state index in [4.69, 9.17) is 5.73 Å². The van der Waals surface area contributed by atoms with Gasteiger partial charge in [0.05, 0.1) is 11.4 Å². The van der Waals surface area contributed by atoms with E-state index in [0.29, 0.717) is 0 Å². The minimum Gasteiger partial charge on any atom is -0.384 e. The Balaban J connectivity index is 1.73. The van der Waals surface area contributed by atoms with Crippen LogP contribution in [0.3, 0.4) is 0 Å². The first-order valence-corrected chi connectivity index (χ1v) is 10.6. The van der Waals surface area contributed by atoms with Crippen LogP contribution in [0.2, 0.25) is 0 Å². The molecule has 0 radical (unpaired) electrons. The predicted octanol–water partition coefficient (Wildman–Crippen LogP) is 4.26. The van der Waals surface area contributed by atoms with Gasteiger partial charge in [-0.05, 0) is 43.3 Å². The lowest BCUT2D eigenvalue weighted by atomic mass is 10.3. The number of allylic oxidation sites excluding steroid dienone is 1. The Morgan fingerprint density at radius 1 is 1.17 bits per heavy atom. The highest BCUT2D eigenvalue weighted by molar-refractivity contribution is 8.76. The van der Waals surface area contributed by atoms with E-state index in [1.54, 1.807) is 0 Å². The van der Waals surface area contributed by atoms with Crippen molar-refractivity contribution in [3.05, 3.63) is 48.3 Å². The summed E-state index contributed by atoms with van der Waals surface area (Å²) in [5.41, 5.74) is 8.34. The van der Waals surface area contributed by atoms with Gasteiger partial charge in [0.15, 0.2) is 0 Å². The number of likely N-dealkylation sites (N-methyl/N-ethyl adjacent to an activating group) is 1. The molecule has 0 fully saturated rings. The molecule has 0 unspecified atom stereocenters. The molecule has 24 heavy (non-hydrogen) atoms. The van der Waals surface area contributed by atoms with Gasteiger partial charge in [0.2, 0.25) is 0 Å². The van der Waals surface area contributed by atoms with Crippen molar-refractivity contribution >= 4 is 33.0 Å². The van der Waals surface area contributed by atoms with Gasteiger partial charge >= 0.3 is 0 Å². The van der Waals surface area contributed by atoms with E-state index in [9.17, 15) is 0 Å². The van der Waals surface area contributed by atoms with Crippen LogP contribution >= 0.6 is 21.6 Å². The lowest BCUT2D eigenvalue weighted by molar-refractivity contribution is 0.433. The highest BCUT2D eigenvalue weighted by Gasteiger charge is 2.01. The van der Waals surface area contributed by atoms with E-state index < -0.39 is 0 Å². The van der Waals surface area contributed by atoms with Crippen LogP contribution in [-0.2, 0) is 0 Å². The fourth-order valence-corrected chi connectivity index (χ4v) is 3.76. The molecule has 0 saturated heterocycles. The Morgan fingerprint density at radius 3 is 2.62 bits per heavy atom. The Morgan fingerprint density at radius 2 is 1.96 bits per heavy atom. The third-order valence-corrected chi connectivity index (χ3v) is 5.78. The van der Waals surface area contributed by atoms with Crippen molar-refractivity contribution < 1.29 is 0 Å². The predicted molar refractivity (Wildman–Crippen MR) is 108 cm³/mol. The molecule has 130 valence electrons. The van der Waals surface area contributed by atoms with E-state index in [2.05, 4.69) is 39.6 Å². The molecule has 7 heteroatoms. The van der Waals surface area contributed by atoms with Crippen LogP contribution in [0.5, 0.6) is 0 Å². The quantitative estimate of drug-likeness (QED) is 0.369. The van der Waals surface area contributed by atoms with E-state index in [0.717, 1.165) is 54.8 Å². The molecular formula is C17H25N5S2. The number of nitrogens with zero attached hydrogens (tertiary/aromatic N) is 3. The Kier molecular flexibility index (Phi) is 8.80. The third kappa shape index (κ3) is 6.98. The summed E-state index contributed by atoms with van der Waals surface area (Å²) in [6.07, 6.45) is 6.14. The maximum atomic E-state index is 5.46. The summed E-state index contributed by atoms with van der Waals surface area (Å²) in [7, 11) is 3.67. The van der Waals surface area contributed by atoms with Gasteiger partial charge in [-0.15, -0.1) is 0 Å². The van der Waals surface area contributed by atoms with Gasteiger partial charge < -0.3 is 16.0 Å². The zero-order chi connectivity index (χ0) is 17.0. The summed E-state index contributed by atoms with van der Waals surface area (Å²) in [5, 5.41) is 12.0. The van der Waals surface area contributed by atoms with Gasteiger partial charge in [-0.1, -0.05) is 21.6 Å². The lowest BCUT2D eigenvalue weighted by Gasteiger charge is -2.18. The van der Waals surface area contributed by atoms with Crippen molar-refractivity contribution in [3.63, 3.8) is 0 Å². The van der Waals surface area contributed by atoms with Gasteiger partial charge in [-0.2, -0.15) is 10.2 Å². The number of nitrogens with one attached hydrogen (secondary N) is 1. The third-order valence-electron chi connectivity index (χ3n) is 3.34. The van der Waals surface area contributed by atoms with E-state index in [-0.39, 0.29) is 0 Å². The van der Waals surface area contributed by atoms with Crippen LogP contribution < -0.4 is 11.1 Å². The normalized spacial score (nSPS) is 14.2. The minimum absolute atomic E-state index is 0.741. The lowest BCUT2D eigenvalue weighted by Crippen LogP contribution is -2.18. The van der Waals surface area contributed by atoms with Crippen LogP contribution in [-0.4, -0.2) is 42.6 Å². The standard InChI is InChI=1S/C17H25N5S2/c1-2-22-11-7-17(8-12-22)21-20-16-5-3-15(4-6-16)19-10-14-24-23-13-9-18/h3-8,11,19H,2,9-10,12-14,18H2,1H3/b21-20+. The number of nitrogens with two attached hydrogens (primary N) is 1. The van der Waals surface area contributed by atoms with Crippen molar-refractivity contribution in [2.75, 3.05) is 43.0 Å². The number of anilines is 1. The molecule has 0 spiro atoms. The molecule has 1 aromatic rings. The average molecular weight is 364 g/mol. The Bertz CT molecular complexity index is 569. The van der Waals surface area contributed by atoms with Gasteiger partial charge in [0, 0.05) is 49.6 Å². The second-order valence-corrected chi connectivity index (χ2v) is 7.84. The van der Waals surface area contributed by atoms with Crippen LogP contribution in [0.1, 0.15) is 6.92 Å². The van der Waals surface area contributed by atoms with Gasteiger partial charge in [-0.25, -0.2) is 0 Å². The summed E-state index contributed by atoms with van der Waals surface area (Å²) in [6, 6.07) is 8.03. The second-order valence-electron chi connectivity index (χ2n) is 5.14. The van der Waals surface area contributed by atoms with Crippen molar-refractivity contribution in [2.45, 2.75) is 6.92 Å². The van der Waals surface area contributed by atoms with Gasteiger partial charge in [0.25, 0.3) is 0 Å². The van der Waals surface area contributed by atoms with Crippen molar-refractivity contribution in [1.29, 1.82) is 0 Å². The SMILES string of the molecule is CCN1C=CC(/N=N/c2ccc(NCCSSCCN)cc2)=CC1. The van der Waals surface area contributed by atoms with Crippen molar-refractivity contribution in [3.8, 4) is 0 Å². The Labute approximate surface area is 152 Å². The summed E-state index contributed by atoms with van der Waals surface area (Å²) in [5.74, 6) is 2.06. The van der Waals surface area contributed by atoms with Crippen LogP contribution in [0.15, 0.2) is 58.5 Å². The molecule has 1 aliphatic rings. The van der Waals surface area contributed by atoms with Crippen LogP contribution in [0, 0.1) is 0 Å². The molecule has 1 aromatic carbocycles. The molecule has 0 bridgehead atoms. The first-order valence-electron chi connectivity index (χ1n) is 8.14. The molecule has 0 atom stereocenters. The first kappa shape index (κ1) is 18.9. The van der Waals surface area contributed by atoms with Gasteiger partial charge in [-0.3, -0.25) is 0 Å². The molecule has 0 aromatic heterocycles. The fraction of sp³-hybridized carbons (Fsp3) is 0.412.